The van der Waals surface area contributed by atoms with Gasteiger partial charge in [-0.2, -0.15) is 12.7 Å². The SMILES string of the molecule is COc1ccc2c(c1)[C@@H]1CN([C@@H](C)CN(C)C)C[C@]1(C(=O)N(C)C)Cn1c-2c(C2CCCCC2)c2ccc(C(=O)NS(=O)(=O)N(C)C)cc21. The molecule has 1 aliphatic carbocycles. The molecule has 3 atom stereocenters. The molecular formula is C37H52N6O5S. The Morgan fingerprint density at radius 3 is 2.35 bits per heavy atom. The molecule has 0 bridgehead atoms. The van der Waals surface area contributed by atoms with E-state index in [-0.39, 0.29) is 23.4 Å². The van der Waals surface area contributed by atoms with Gasteiger partial charge in [0.25, 0.3) is 5.91 Å². The van der Waals surface area contributed by atoms with E-state index in [4.69, 9.17) is 4.74 Å². The number of carbonyl (C=O) groups excluding carboxylic acids is 2. The lowest BCUT2D eigenvalue weighted by Crippen LogP contribution is -2.48. The number of rotatable bonds is 9. The van der Waals surface area contributed by atoms with Crippen LogP contribution in [-0.2, 0) is 21.5 Å². The average Bonchev–Trinajstić information content (AvgIpc) is 3.57. The lowest BCUT2D eigenvalue weighted by Gasteiger charge is -2.36. The van der Waals surface area contributed by atoms with Crippen molar-refractivity contribution >= 4 is 32.9 Å². The van der Waals surface area contributed by atoms with Gasteiger partial charge in [-0.15, -0.1) is 0 Å². The van der Waals surface area contributed by atoms with Gasteiger partial charge in [0.1, 0.15) is 5.75 Å². The van der Waals surface area contributed by atoms with Gasteiger partial charge in [-0.1, -0.05) is 25.3 Å². The molecule has 3 aliphatic rings. The third kappa shape index (κ3) is 6.26. The summed E-state index contributed by atoms with van der Waals surface area (Å²) >= 11 is 0. The number of likely N-dealkylation sites (N-methyl/N-ethyl adjacent to an activating group) is 1. The van der Waals surface area contributed by atoms with Gasteiger partial charge in [0.05, 0.1) is 18.2 Å². The highest BCUT2D eigenvalue weighted by Crippen LogP contribution is 2.55. The third-order valence-electron chi connectivity index (χ3n) is 11.1. The molecule has 3 aromatic rings. The molecule has 12 heteroatoms. The van der Waals surface area contributed by atoms with Crippen molar-refractivity contribution in [2.24, 2.45) is 5.41 Å². The van der Waals surface area contributed by atoms with Gasteiger partial charge in [-0.25, -0.2) is 4.72 Å². The summed E-state index contributed by atoms with van der Waals surface area (Å²) in [5.74, 6) is 0.361. The number of likely N-dealkylation sites (tertiary alicyclic amines) is 1. The molecule has 1 saturated carbocycles. The Hall–Kier alpha value is -3.45. The number of aromatic nitrogens is 1. The minimum atomic E-state index is -3.99. The number of hydrogen-bond acceptors (Lipinski definition) is 7. The van der Waals surface area contributed by atoms with Crippen molar-refractivity contribution < 1.29 is 22.7 Å². The van der Waals surface area contributed by atoms with Gasteiger partial charge in [-0.05, 0) is 81.2 Å². The molecule has 1 N–H and O–H groups in total. The topological polar surface area (TPSA) is 107 Å². The van der Waals surface area contributed by atoms with Gasteiger partial charge >= 0.3 is 10.2 Å². The number of nitrogens with one attached hydrogen (secondary N) is 1. The van der Waals surface area contributed by atoms with Crippen molar-refractivity contribution in [1.29, 1.82) is 0 Å². The predicted octanol–water partition coefficient (Wildman–Crippen LogP) is 4.34. The summed E-state index contributed by atoms with van der Waals surface area (Å²) in [6, 6.07) is 12.1. The number of ether oxygens (including phenoxy) is 1. The van der Waals surface area contributed by atoms with E-state index in [0.717, 1.165) is 76.6 Å². The van der Waals surface area contributed by atoms with Crippen LogP contribution in [0.25, 0.3) is 22.2 Å². The van der Waals surface area contributed by atoms with Crippen LogP contribution in [0.4, 0.5) is 0 Å². The number of benzene rings is 2. The number of fused-ring (bicyclic) bond motifs is 7. The van der Waals surface area contributed by atoms with E-state index >= 15 is 0 Å². The number of nitrogens with zero attached hydrogens (tertiary/aromatic N) is 5. The molecule has 266 valence electrons. The lowest BCUT2D eigenvalue weighted by molar-refractivity contribution is -0.140. The first-order chi connectivity index (χ1) is 23.2. The van der Waals surface area contributed by atoms with E-state index in [1.807, 2.05) is 32.3 Å². The summed E-state index contributed by atoms with van der Waals surface area (Å²) in [6.07, 6.45) is 5.66. The van der Waals surface area contributed by atoms with Crippen LogP contribution in [0.2, 0.25) is 0 Å². The zero-order valence-corrected chi connectivity index (χ0v) is 31.1. The Labute approximate surface area is 291 Å². The van der Waals surface area contributed by atoms with Crippen LogP contribution in [0.3, 0.4) is 0 Å². The highest BCUT2D eigenvalue weighted by Gasteiger charge is 2.56. The van der Waals surface area contributed by atoms with E-state index in [1.54, 1.807) is 18.1 Å². The fraction of sp³-hybridized carbons (Fsp3) is 0.568. The van der Waals surface area contributed by atoms with Gasteiger partial charge in [-0.3, -0.25) is 14.5 Å². The maximum Gasteiger partial charge on any atom is 0.303 e. The second-order valence-corrected chi connectivity index (χ2v) is 16.9. The zero-order valence-electron chi connectivity index (χ0n) is 30.2. The quantitative estimate of drug-likeness (QED) is 0.356. The first kappa shape index (κ1) is 35.4. The minimum absolute atomic E-state index is 0.0747. The van der Waals surface area contributed by atoms with Crippen LogP contribution in [-0.4, -0.2) is 119 Å². The smallest absolute Gasteiger partial charge is 0.303 e. The van der Waals surface area contributed by atoms with Crippen molar-refractivity contribution in [2.45, 2.75) is 63.5 Å². The van der Waals surface area contributed by atoms with Crippen molar-refractivity contribution in [3.8, 4) is 17.0 Å². The van der Waals surface area contributed by atoms with Crippen molar-refractivity contribution in [3.63, 3.8) is 0 Å². The molecule has 2 aromatic carbocycles. The second kappa shape index (κ2) is 13.4. The lowest BCUT2D eigenvalue weighted by atomic mass is 9.72. The average molecular weight is 693 g/mol. The van der Waals surface area contributed by atoms with Gasteiger partial charge in [0.15, 0.2) is 0 Å². The van der Waals surface area contributed by atoms with E-state index in [0.29, 0.717) is 19.0 Å². The summed E-state index contributed by atoms with van der Waals surface area (Å²) in [6.45, 7) is 4.83. The summed E-state index contributed by atoms with van der Waals surface area (Å²) in [7, 11) is 8.30. The third-order valence-corrected chi connectivity index (χ3v) is 12.5. The number of carbonyl (C=O) groups is 2. The van der Waals surface area contributed by atoms with Crippen molar-refractivity contribution in [1.82, 2.24) is 28.3 Å². The largest absolute Gasteiger partial charge is 0.497 e. The summed E-state index contributed by atoms with van der Waals surface area (Å²) in [5, 5.41) is 1.05. The molecule has 3 heterocycles. The van der Waals surface area contributed by atoms with Gasteiger partial charge in [0, 0.05) is 88.4 Å². The van der Waals surface area contributed by atoms with Crippen LogP contribution in [0.5, 0.6) is 5.75 Å². The predicted molar refractivity (Wildman–Crippen MR) is 193 cm³/mol. The molecule has 2 amide bonds. The minimum Gasteiger partial charge on any atom is -0.497 e. The van der Waals surface area contributed by atoms with E-state index in [9.17, 15) is 18.0 Å². The molecule has 49 heavy (non-hydrogen) atoms. The van der Waals surface area contributed by atoms with E-state index in [2.05, 4.69) is 52.2 Å². The Morgan fingerprint density at radius 2 is 1.71 bits per heavy atom. The van der Waals surface area contributed by atoms with E-state index in [1.165, 1.54) is 26.1 Å². The first-order valence-corrected chi connectivity index (χ1v) is 18.8. The molecular weight excluding hydrogens is 641 g/mol. The highest BCUT2D eigenvalue weighted by molar-refractivity contribution is 7.87. The van der Waals surface area contributed by atoms with Gasteiger partial charge < -0.3 is 19.1 Å². The Balaban J connectivity index is 1.64. The molecule has 0 unspecified atom stereocenters. The molecule has 2 aliphatic heterocycles. The second-order valence-electron chi connectivity index (χ2n) is 15.0. The van der Waals surface area contributed by atoms with Crippen molar-refractivity contribution in [3.05, 3.63) is 53.1 Å². The number of amides is 2. The standard InChI is InChI=1S/C37H52N6O5S/c1-24(20-39(2)3)42-21-31-30-19-27(48-8)15-17-28(30)34-33(25-12-10-9-11-13-25)29-16-14-26(35(44)38-49(46,47)41(6)7)18-32(29)43(34)23-37(31,22-42)36(45)40(4)5/h14-19,24-25,31H,9-13,20-23H2,1-8H3,(H,38,44)/t24-,31-,37-/m0/s1. The molecule has 11 nitrogen and oxygen atoms in total. The Bertz CT molecular complexity index is 1860. The first-order valence-electron chi connectivity index (χ1n) is 17.4. The summed E-state index contributed by atoms with van der Waals surface area (Å²) in [4.78, 5) is 34.6. The monoisotopic (exact) mass is 692 g/mol. The van der Waals surface area contributed by atoms with Gasteiger partial charge in [0.2, 0.25) is 5.91 Å². The fourth-order valence-electron chi connectivity index (χ4n) is 8.71. The van der Waals surface area contributed by atoms with Crippen LogP contribution >= 0.6 is 0 Å². The van der Waals surface area contributed by atoms with E-state index < -0.39 is 21.5 Å². The van der Waals surface area contributed by atoms with Crippen LogP contribution in [0.1, 0.15) is 72.3 Å². The zero-order chi connectivity index (χ0) is 35.4. The number of hydrogen-bond donors (Lipinski definition) is 1. The maximum atomic E-state index is 14.8. The molecule has 1 saturated heterocycles. The molecule has 1 aromatic heterocycles. The fourth-order valence-corrected chi connectivity index (χ4v) is 9.24. The van der Waals surface area contributed by atoms with Crippen LogP contribution in [0.15, 0.2) is 36.4 Å². The van der Waals surface area contributed by atoms with Crippen LogP contribution < -0.4 is 9.46 Å². The maximum absolute atomic E-state index is 14.8. The molecule has 0 spiro atoms. The Morgan fingerprint density at radius 1 is 1.00 bits per heavy atom. The molecule has 2 fully saturated rings. The normalized spacial score (nSPS) is 22.0. The summed E-state index contributed by atoms with van der Waals surface area (Å²) in [5.41, 5.74) is 4.87. The molecule has 6 rings (SSSR count). The highest BCUT2D eigenvalue weighted by atomic mass is 32.2. The number of methoxy groups -OCH3 is 1. The molecule has 0 radical (unpaired) electrons. The summed E-state index contributed by atoms with van der Waals surface area (Å²) < 4.78 is 36.6. The Kier molecular flexibility index (Phi) is 9.64. The van der Waals surface area contributed by atoms with Crippen molar-refractivity contribution in [2.75, 3.05) is 69.0 Å². The van der Waals surface area contributed by atoms with Crippen LogP contribution in [0, 0.1) is 5.41 Å².